The van der Waals surface area contributed by atoms with E-state index in [0.717, 1.165) is 0 Å². The summed E-state index contributed by atoms with van der Waals surface area (Å²) in [5.74, 6) is 0.198. The second-order valence-corrected chi connectivity index (χ2v) is 7.26. The SMILES string of the molecule is C/C=C(\Oc1cc(C(=O)NCCCC(=O)OCC)n(C(C)=S)c1)c1ccc([N+](=O)[O-])cc1. The van der Waals surface area contributed by atoms with Crippen LogP contribution in [0, 0.1) is 10.1 Å². The van der Waals surface area contributed by atoms with Crippen molar-refractivity contribution >= 4 is 40.5 Å². The zero-order valence-corrected chi connectivity index (χ0v) is 18.9. The van der Waals surface area contributed by atoms with Crippen molar-refractivity contribution in [3.63, 3.8) is 0 Å². The zero-order valence-electron chi connectivity index (χ0n) is 18.1. The van der Waals surface area contributed by atoms with Crippen LogP contribution in [0.4, 0.5) is 5.69 Å². The van der Waals surface area contributed by atoms with Crippen LogP contribution in [0.25, 0.3) is 5.76 Å². The fourth-order valence-electron chi connectivity index (χ4n) is 2.85. The molecule has 0 unspecified atom stereocenters. The number of aromatic nitrogens is 1. The molecule has 0 spiro atoms. The predicted octanol–water partition coefficient (Wildman–Crippen LogP) is 4.10. The maximum atomic E-state index is 12.6. The van der Waals surface area contributed by atoms with Crippen LogP contribution in [0.15, 0.2) is 42.6 Å². The minimum Gasteiger partial charge on any atom is -0.466 e. The van der Waals surface area contributed by atoms with Crippen molar-refractivity contribution in [3.05, 3.63) is 64.0 Å². The van der Waals surface area contributed by atoms with Gasteiger partial charge in [0.15, 0.2) is 0 Å². The number of hydrogen-bond acceptors (Lipinski definition) is 7. The van der Waals surface area contributed by atoms with Gasteiger partial charge < -0.3 is 19.4 Å². The molecule has 1 aromatic heterocycles. The Morgan fingerprint density at radius 1 is 1.28 bits per heavy atom. The number of allylic oxidation sites excluding steroid dienone is 1. The van der Waals surface area contributed by atoms with Crippen LogP contribution < -0.4 is 10.1 Å². The standard InChI is InChI=1S/C22H25N3O6S/c1-4-20(16-8-10-17(11-9-16)25(28)29)31-18-13-19(24(14-18)15(3)32)22(27)23-12-6-7-21(26)30-5-2/h4,8-11,13-14H,5-7,12H2,1-3H3,(H,23,27)/b20-4-. The lowest BCUT2D eigenvalue weighted by Gasteiger charge is -2.08. The molecule has 170 valence electrons. The summed E-state index contributed by atoms with van der Waals surface area (Å²) < 4.78 is 12.3. The minimum atomic E-state index is -0.472. The highest BCUT2D eigenvalue weighted by molar-refractivity contribution is 7.80. The van der Waals surface area contributed by atoms with Gasteiger partial charge >= 0.3 is 5.97 Å². The highest BCUT2D eigenvalue weighted by Gasteiger charge is 2.17. The Morgan fingerprint density at radius 2 is 1.97 bits per heavy atom. The van der Waals surface area contributed by atoms with Crippen LogP contribution in [-0.4, -0.2) is 39.5 Å². The quantitative estimate of drug-likeness (QED) is 0.142. The first-order chi connectivity index (χ1) is 15.3. The van der Waals surface area contributed by atoms with Crippen molar-refractivity contribution in [2.75, 3.05) is 13.2 Å². The molecule has 1 N–H and O–H groups in total. The summed E-state index contributed by atoms with van der Waals surface area (Å²) in [4.78, 5) is 34.9. The molecule has 1 heterocycles. The normalized spacial score (nSPS) is 11.0. The van der Waals surface area contributed by atoms with E-state index in [1.165, 1.54) is 16.7 Å². The summed E-state index contributed by atoms with van der Waals surface area (Å²) in [6.07, 6.45) is 3.99. The number of carbonyl (C=O) groups excluding carboxylic acids is 2. The number of esters is 1. The number of amides is 1. The molecule has 2 aromatic rings. The molecule has 32 heavy (non-hydrogen) atoms. The fraction of sp³-hybridized carbons (Fsp3) is 0.318. The fourth-order valence-corrected chi connectivity index (χ4v) is 3.00. The predicted molar refractivity (Wildman–Crippen MR) is 124 cm³/mol. The third-order valence-corrected chi connectivity index (χ3v) is 4.56. The Labute approximate surface area is 191 Å². The molecule has 0 aliphatic heterocycles. The average molecular weight is 460 g/mol. The molecule has 9 nitrogen and oxygen atoms in total. The molecule has 2 rings (SSSR count). The van der Waals surface area contributed by atoms with Crippen LogP contribution in [0.2, 0.25) is 0 Å². The van der Waals surface area contributed by atoms with E-state index in [-0.39, 0.29) is 24.0 Å². The molecule has 0 aliphatic carbocycles. The molecule has 0 fully saturated rings. The Morgan fingerprint density at radius 3 is 2.53 bits per heavy atom. The van der Waals surface area contributed by atoms with E-state index in [1.807, 2.05) is 0 Å². The molecule has 0 atom stereocenters. The molecule has 0 radical (unpaired) electrons. The lowest BCUT2D eigenvalue weighted by molar-refractivity contribution is -0.384. The first kappa shape index (κ1) is 24.7. The summed E-state index contributed by atoms with van der Waals surface area (Å²) in [6, 6.07) is 7.52. The van der Waals surface area contributed by atoms with Crippen molar-refractivity contribution in [1.82, 2.24) is 9.88 Å². The second kappa shape index (κ2) is 11.8. The highest BCUT2D eigenvalue weighted by atomic mass is 32.1. The average Bonchev–Trinajstić information content (AvgIpc) is 3.19. The van der Waals surface area contributed by atoms with Crippen LogP contribution in [0.1, 0.15) is 49.7 Å². The summed E-state index contributed by atoms with van der Waals surface area (Å²) in [5.41, 5.74) is 0.922. The molecule has 0 bridgehead atoms. The third-order valence-electron chi connectivity index (χ3n) is 4.37. The largest absolute Gasteiger partial charge is 0.466 e. The second-order valence-electron chi connectivity index (χ2n) is 6.67. The van der Waals surface area contributed by atoms with Crippen molar-refractivity contribution in [2.45, 2.75) is 33.6 Å². The number of thiocarbonyl (C=S) groups is 1. The van der Waals surface area contributed by atoms with E-state index in [1.54, 1.807) is 51.2 Å². The van der Waals surface area contributed by atoms with Crippen molar-refractivity contribution in [1.29, 1.82) is 0 Å². The molecule has 0 aliphatic rings. The number of nitro benzene ring substituents is 1. The van der Waals surface area contributed by atoms with Gasteiger partial charge in [-0.05, 0) is 45.4 Å². The summed E-state index contributed by atoms with van der Waals surface area (Å²) in [6.45, 7) is 5.82. The Kier molecular flexibility index (Phi) is 9.08. The molecule has 1 amide bonds. The summed E-state index contributed by atoms with van der Waals surface area (Å²) in [7, 11) is 0. The van der Waals surface area contributed by atoms with Gasteiger partial charge in [0.2, 0.25) is 0 Å². The first-order valence-corrected chi connectivity index (χ1v) is 10.4. The molecule has 10 heteroatoms. The van der Waals surface area contributed by atoms with Gasteiger partial charge in [-0.15, -0.1) is 0 Å². The van der Waals surface area contributed by atoms with Gasteiger partial charge in [0, 0.05) is 36.7 Å². The number of ether oxygens (including phenoxy) is 2. The van der Waals surface area contributed by atoms with E-state index in [4.69, 9.17) is 21.7 Å². The Hall–Kier alpha value is -3.53. The van der Waals surface area contributed by atoms with Crippen molar-refractivity contribution in [2.24, 2.45) is 0 Å². The molecular weight excluding hydrogens is 434 g/mol. The highest BCUT2D eigenvalue weighted by Crippen LogP contribution is 2.25. The number of rotatable bonds is 10. The van der Waals surface area contributed by atoms with E-state index >= 15 is 0 Å². The van der Waals surface area contributed by atoms with E-state index in [2.05, 4.69) is 5.32 Å². The number of carbonyl (C=O) groups is 2. The number of hydrogen-bond donors (Lipinski definition) is 1. The topological polar surface area (TPSA) is 113 Å². The van der Waals surface area contributed by atoms with Gasteiger partial charge in [0.05, 0.1) is 22.7 Å². The Bertz CT molecular complexity index is 1030. The van der Waals surface area contributed by atoms with Crippen LogP contribution >= 0.6 is 12.2 Å². The summed E-state index contributed by atoms with van der Waals surface area (Å²) >= 11 is 5.24. The van der Waals surface area contributed by atoms with Crippen LogP contribution in [-0.2, 0) is 9.53 Å². The first-order valence-electron chi connectivity index (χ1n) is 10.0. The molecule has 0 saturated heterocycles. The maximum absolute atomic E-state index is 12.6. The van der Waals surface area contributed by atoms with Crippen LogP contribution in [0.3, 0.4) is 0 Å². The van der Waals surface area contributed by atoms with E-state index < -0.39 is 4.92 Å². The lowest BCUT2D eigenvalue weighted by atomic mass is 10.1. The smallest absolute Gasteiger partial charge is 0.305 e. The Balaban J connectivity index is 2.10. The lowest BCUT2D eigenvalue weighted by Crippen LogP contribution is -2.28. The number of nitro groups is 1. The van der Waals surface area contributed by atoms with Gasteiger partial charge in [0.1, 0.15) is 17.2 Å². The van der Waals surface area contributed by atoms with Gasteiger partial charge in [-0.1, -0.05) is 12.2 Å². The molecular formula is C22H25N3O6S. The van der Waals surface area contributed by atoms with Crippen LogP contribution in [0.5, 0.6) is 5.75 Å². The van der Waals surface area contributed by atoms with Gasteiger partial charge in [-0.3, -0.25) is 19.7 Å². The number of non-ortho nitro benzene ring substituents is 1. The summed E-state index contributed by atoms with van der Waals surface area (Å²) in [5, 5.41) is 13.6. The van der Waals surface area contributed by atoms with Gasteiger partial charge in [-0.2, -0.15) is 0 Å². The third kappa shape index (κ3) is 6.74. The van der Waals surface area contributed by atoms with Crippen molar-refractivity contribution in [3.8, 4) is 5.75 Å². The van der Waals surface area contributed by atoms with Gasteiger partial charge in [-0.25, -0.2) is 0 Å². The number of benzene rings is 1. The molecule has 1 aromatic carbocycles. The minimum absolute atomic E-state index is 0.0198. The van der Waals surface area contributed by atoms with Gasteiger partial charge in [0.25, 0.3) is 11.6 Å². The monoisotopic (exact) mass is 459 g/mol. The zero-order chi connectivity index (χ0) is 23.7. The number of nitrogens with one attached hydrogen (secondary N) is 1. The van der Waals surface area contributed by atoms with Crippen molar-refractivity contribution < 1.29 is 24.0 Å². The van der Waals surface area contributed by atoms with E-state index in [9.17, 15) is 19.7 Å². The van der Waals surface area contributed by atoms with E-state index in [0.29, 0.717) is 47.3 Å². The maximum Gasteiger partial charge on any atom is 0.305 e. The number of nitrogens with zero attached hydrogens (tertiary/aromatic N) is 2. The molecule has 0 saturated carbocycles.